The molecular weight excluding hydrogens is 340 g/mol. The van der Waals surface area contributed by atoms with E-state index in [1.807, 2.05) is 6.08 Å². The summed E-state index contributed by atoms with van der Waals surface area (Å²) in [5.41, 5.74) is 11.3. The number of urea groups is 1. The lowest BCUT2D eigenvalue weighted by molar-refractivity contribution is -0.115. The van der Waals surface area contributed by atoms with Crippen LogP contribution in [0.1, 0.15) is 29.6 Å². The number of hydrogen-bond acceptors (Lipinski definition) is 4. The van der Waals surface area contributed by atoms with E-state index in [0.29, 0.717) is 5.00 Å². The maximum Gasteiger partial charge on any atom is 0.317 e. The minimum atomic E-state index is -0.816. The third-order valence-electron chi connectivity index (χ3n) is 3.07. The zero-order valence-electron chi connectivity index (χ0n) is 12.0. The highest BCUT2D eigenvalue weighted by Gasteiger charge is 2.17. The molecule has 1 aliphatic carbocycles. The second kappa shape index (κ2) is 7.30. The van der Waals surface area contributed by atoms with Crippen molar-refractivity contribution in [3.8, 4) is 0 Å². The Balaban J connectivity index is 2.06. The summed E-state index contributed by atoms with van der Waals surface area (Å²) in [4.78, 5) is 34.3. The third kappa shape index (κ3) is 4.83. The lowest BCUT2D eigenvalue weighted by atomic mass is 10.0. The fourth-order valence-electron chi connectivity index (χ4n) is 2.03. The number of carbonyl (C=O) groups is 3. The first kappa shape index (κ1) is 17.0. The van der Waals surface area contributed by atoms with Crippen molar-refractivity contribution in [2.45, 2.75) is 19.3 Å². The van der Waals surface area contributed by atoms with Gasteiger partial charge in [0.15, 0.2) is 0 Å². The summed E-state index contributed by atoms with van der Waals surface area (Å²) < 4.78 is 0. The Morgan fingerprint density at radius 3 is 2.48 bits per heavy atom. The number of anilines is 2. The predicted octanol–water partition coefficient (Wildman–Crippen LogP) is 2.51. The van der Waals surface area contributed by atoms with Gasteiger partial charge in [-0.15, -0.1) is 0 Å². The molecule has 1 aliphatic rings. The number of allylic oxidation sites excluding steroid dienone is 3. The number of nitrogens with one attached hydrogen (secondary N) is 2. The fraction of sp³-hybridized carbons (Fsp3) is 0.214. The van der Waals surface area contributed by atoms with Crippen molar-refractivity contribution in [3.05, 3.63) is 34.4 Å². The standard InChI is InChI=1S/C14H15ClN4O3S/c15-8-3-1-7(2-4-8)5-10(20)18-11-6-9(12(16)21)13(23-11)19-14(17)22/h1,3,6H,2,4-5H2,(H2,16,21)(H,18,20)(H3,17,19,22). The van der Waals surface area contributed by atoms with Crippen LogP contribution in [-0.2, 0) is 4.79 Å². The lowest BCUT2D eigenvalue weighted by Gasteiger charge is -2.10. The molecule has 122 valence electrons. The molecule has 7 nitrogen and oxygen atoms in total. The van der Waals surface area contributed by atoms with Gasteiger partial charge in [-0.1, -0.05) is 34.6 Å². The zero-order chi connectivity index (χ0) is 17.0. The van der Waals surface area contributed by atoms with Crippen LogP contribution in [0, 0.1) is 0 Å². The highest BCUT2D eigenvalue weighted by atomic mass is 35.5. The fourth-order valence-corrected chi connectivity index (χ4v) is 3.17. The Morgan fingerprint density at radius 2 is 1.91 bits per heavy atom. The van der Waals surface area contributed by atoms with Gasteiger partial charge in [-0.05, 0) is 25.0 Å². The van der Waals surface area contributed by atoms with Crippen molar-refractivity contribution in [2.75, 3.05) is 10.6 Å². The van der Waals surface area contributed by atoms with E-state index in [9.17, 15) is 14.4 Å². The number of primary amides is 2. The quantitative estimate of drug-likeness (QED) is 0.648. The zero-order valence-corrected chi connectivity index (χ0v) is 13.6. The van der Waals surface area contributed by atoms with E-state index in [2.05, 4.69) is 10.6 Å². The summed E-state index contributed by atoms with van der Waals surface area (Å²) in [6.07, 6.45) is 5.28. The summed E-state index contributed by atoms with van der Waals surface area (Å²) in [5.74, 6) is -0.953. The van der Waals surface area contributed by atoms with E-state index in [0.717, 1.165) is 34.8 Å². The van der Waals surface area contributed by atoms with Crippen molar-refractivity contribution in [1.29, 1.82) is 0 Å². The first-order valence-electron chi connectivity index (χ1n) is 6.69. The van der Waals surface area contributed by atoms with Crippen molar-refractivity contribution in [2.24, 2.45) is 11.5 Å². The number of amides is 4. The van der Waals surface area contributed by atoms with Gasteiger partial charge < -0.3 is 16.8 Å². The number of hydrogen-bond donors (Lipinski definition) is 4. The minimum absolute atomic E-state index is 0.0932. The highest BCUT2D eigenvalue weighted by molar-refractivity contribution is 7.20. The van der Waals surface area contributed by atoms with Crippen molar-refractivity contribution in [1.82, 2.24) is 0 Å². The smallest absolute Gasteiger partial charge is 0.317 e. The predicted molar refractivity (Wildman–Crippen MR) is 90.5 cm³/mol. The lowest BCUT2D eigenvalue weighted by Crippen LogP contribution is -2.21. The molecule has 0 radical (unpaired) electrons. The van der Waals surface area contributed by atoms with E-state index in [1.54, 1.807) is 6.08 Å². The van der Waals surface area contributed by atoms with Crippen LogP contribution >= 0.6 is 22.9 Å². The van der Waals surface area contributed by atoms with Crippen LogP contribution in [0.3, 0.4) is 0 Å². The minimum Gasteiger partial charge on any atom is -0.366 e. The number of halogens is 1. The van der Waals surface area contributed by atoms with Gasteiger partial charge in [0, 0.05) is 11.5 Å². The van der Waals surface area contributed by atoms with Crippen LogP contribution in [0.25, 0.3) is 0 Å². The van der Waals surface area contributed by atoms with E-state index in [1.165, 1.54) is 6.07 Å². The number of thiophene rings is 1. The van der Waals surface area contributed by atoms with Gasteiger partial charge in [0.05, 0.1) is 10.6 Å². The van der Waals surface area contributed by atoms with Crippen molar-refractivity contribution < 1.29 is 14.4 Å². The van der Waals surface area contributed by atoms with Gasteiger partial charge in [-0.3, -0.25) is 14.9 Å². The molecule has 1 aromatic rings. The van der Waals surface area contributed by atoms with Crippen LogP contribution in [0.4, 0.5) is 14.8 Å². The molecule has 0 aliphatic heterocycles. The van der Waals surface area contributed by atoms with Crippen molar-refractivity contribution in [3.63, 3.8) is 0 Å². The molecule has 0 aromatic carbocycles. The monoisotopic (exact) mass is 354 g/mol. The molecule has 0 saturated carbocycles. The maximum absolute atomic E-state index is 12.0. The Bertz CT molecular complexity index is 724. The number of nitrogens with two attached hydrogens (primary N) is 2. The van der Waals surface area contributed by atoms with E-state index in [-0.39, 0.29) is 22.9 Å². The topological polar surface area (TPSA) is 127 Å². The van der Waals surface area contributed by atoms with E-state index < -0.39 is 11.9 Å². The molecule has 0 saturated heterocycles. The van der Waals surface area contributed by atoms with Gasteiger partial charge in [0.1, 0.15) is 5.00 Å². The Hall–Kier alpha value is -2.32. The molecule has 23 heavy (non-hydrogen) atoms. The van der Waals surface area contributed by atoms with Crippen LogP contribution in [0.15, 0.2) is 28.8 Å². The average molecular weight is 355 g/mol. The molecular formula is C14H15ClN4O3S. The molecule has 0 fully saturated rings. The Morgan fingerprint density at radius 1 is 1.17 bits per heavy atom. The number of carbonyl (C=O) groups excluding carboxylic acids is 3. The first-order chi connectivity index (χ1) is 10.8. The molecule has 4 amide bonds. The molecule has 1 heterocycles. The molecule has 1 aromatic heterocycles. The molecule has 0 unspecified atom stereocenters. The third-order valence-corrected chi connectivity index (χ3v) is 4.35. The maximum atomic E-state index is 12.0. The summed E-state index contributed by atoms with van der Waals surface area (Å²) in [5, 5.41) is 6.35. The van der Waals surface area contributed by atoms with Crippen LogP contribution in [0.2, 0.25) is 0 Å². The largest absolute Gasteiger partial charge is 0.366 e. The molecule has 0 bridgehead atoms. The summed E-state index contributed by atoms with van der Waals surface area (Å²) >= 11 is 6.88. The molecule has 6 N–H and O–H groups in total. The van der Waals surface area contributed by atoms with E-state index in [4.69, 9.17) is 23.1 Å². The van der Waals surface area contributed by atoms with Crippen LogP contribution in [-0.4, -0.2) is 17.8 Å². The van der Waals surface area contributed by atoms with Gasteiger partial charge in [-0.2, -0.15) is 0 Å². The summed E-state index contributed by atoms with van der Waals surface area (Å²) in [7, 11) is 0. The van der Waals surface area contributed by atoms with Gasteiger partial charge in [0.25, 0.3) is 5.91 Å². The van der Waals surface area contributed by atoms with Gasteiger partial charge in [0.2, 0.25) is 5.91 Å². The van der Waals surface area contributed by atoms with Gasteiger partial charge >= 0.3 is 6.03 Å². The molecule has 0 atom stereocenters. The SMILES string of the molecule is NC(=O)Nc1sc(NC(=O)CC2=CC=C(Cl)CC2)cc1C(N)=O. The first-order valence-corrected chi connectivity index (χ1v) is 7.88. The normalized spacial score (nSPS) is 13.8. The highest BCUT2D eigenvalue weighted by Crippen LogP contribution is 2.32. The second-order valence-corrected chi connectivity index (χ2v) is 6.41. The second-order valence-electron chi connectivity index (χ2n) is 4.87. The summed E-state index contributed by atoms with van der Waals surface area (Å²) in [6, 6.07) is 0.589. The Labute approximate surface area is 141 Å². The Kier molecular flexibility index (Phi) is 5.41. The summed E-state index contributed by atoms with van der Waals surface area (Å²) in [6.45, 7) is 0. The average Bonchev–Trinajstić information content (AvgIpc) is 2.83. The van der Waals surface area contributed by atoms with Crippen LogP contribution < -0.4 is 22.1 Å². The van der Waals surface area contributed by atoms with Gasteiger partial charge in [-0.25, -0.2) is 4.79 Å². The van der Waals surface area contributed by atoms with E-state index >= 15 is 0 Å². The number of rotatable bonds is 5. The molecule has 2 rings (SSSR count). The van der Waals surface area contributed by atoms with Crippen LogP contribution in [0.5, 0.6) is 0 Å². The molecule has 9 heteroatoms. The van der Waals surface area contributed by atoms with Crippen molar-refractivity contribution >= 4 is 50.8 Å². The molecule has 0 spiro atoms.